The number of furan rings is 1. The Labute approximate surface area is 171 Å². The van der Waals surface area contributed by atoms with E-state index in [-0.39, 0.29) is 17.0 Å². The number of nitrogens with one attached hydrogen (secondary N) is 2. The molecule has 4 rings (SSSR count). The monoisotopic (exact) mass is 427 g/mol. The number of para-hydroxylation sites is 1. The molecule has 1 amide bonds. The second-order valence-corrected chi connectivity index (χ2v) is 9.12. The average molecular weight is 428 g/mol. The molecule has 0 aliphatic carbocycles. The van der Waals surface area contributed by atoms with E-state index in [9.17, 15) is 13.2 Å². The van der Waals surface area contributed by atoms with Crippen LogP contribution in [0.1, 0.15) is 21.7 Å². The van der Waals surface area contributed by atoms with Crippen molar-refractivity contribution in [1.82, 2.24) is 9.71 Å². The molecule has 0 aliphatic rings. The van der Waals surface area contributed by atoms with Gasteiger partial charge >= 0.3 is 0 Å². The number of rotatable bonds is 6. The van der Waals surface area contributed by atoms with Gasteiger partial charge in [0.05, 0.1) is 27.9 Å². The largest absolute Gasteiger partial charge is 0.468 e. The molecule has 0 aliphatic heterocycles. The number of carbonyl (C=O) groups excluding carboxylic acids is 1. The number of anilines is 1. The first-order chi connectivity index (χ1) is 13.9. The number of nitrogens with zero attached hydrogens (tertiary/aromatic N) is 1. The maximum Gasteiger partial charge on any atom is 0.257 e. The number of aryl methyl sites for hydroxylation is 1. The number of aromatic nitrogens is 1. The van der Waals surface area contributed by atoms with Gasteiger partial charge in [-0.05, 0) is 48.9 Å². The Morgan fingerprint density at radius 2 is 1.97 bits per heavy atom. The number of carbonyl (C=O) groups is 1. The van der Waals surface area contributed by atoms with Crippen molar-refractivity contribution in [2.24, 2.45) is 0 Å². The van der Waals surface area contributed by atoms with Gasteiger partial charge in [0, 0.05) is 5.56 Å². The number of thiazole rings is 1. The van der Waals surface area contributed by atoms with Crippen molar-refractivity contribution in [2.75, 3.05) is 5.32 Å². The quantitative estimate of drug-likeness (QED) is 0.486. The predicted molar refractivity (Wildman–Crippen MR) is 111 cm³/mol. The Bertz CT molecular complexity index is 1250. The fourth-order valence-corrected chi connectivity index (χ4v) is 4.65. The molecule has 4 aromatic rings. The van der Waals surface area contributed by atoms with Gasteiger partial charge in [0.25, 0.3) is 5.91 Å². The van der Waals surface area contributed by atoms with E-state index in [0.717, 1.165) is 10.2 Å². The van der Waals surface area contributed by atoms with Gasteiger partial charge < -0.3 is 4.42 Å². The van der Waals surface area contributed by atoms with Crippen LogP contribution in [0.3, 0.4) is 0 Å². The molecule has 7 nitrogen and oxygen atoms in total. The molecule has 0 unspecified atom stereocenters. The van der Waals surface area contributed by atoms with Crippen molar-refractivity contribution >= 4 is 42.6 Å². The zero-order valence-electron chi connectivity index (χ0n) is 15.4. The lowest BCUT2D eigenvalue weighted by Gasteiger charge is -2.10. The summed E-state index contributed by atoms with van der Waals surface area (Å²) >= 11 is 1.36. The summed E-state index contributed by atoms with van der Waals surface area (Å²) in [7, 11) is -3.81. The van der Waals surface area contributed by atoms with Gasteiger partial charge in [0.1, 0.15) is 5.76 Å². The number of hydrogen-bond donors (Lipinski definition) is 2. The van der Waals surface area contributed by atoms with Gasteiger partial charge in [-0.15, -0.1) is 0 Å². The smallest absolute Gasteiger partial charge is 0.257 e. The minimum absolute atomic E-state index is 0.00380. The van der Waals surface area contributed by atoms with Crippen LogP contribution >= 0.6 is 11.3 Å². The summed E-state index contributed by atoms with van der Waals surface area (Å²) in [6.07, 6.45) is 1.47. The Balaban J connectivity index is 1.56. The van der Waals surface area contributed by atoms with Crippen LogP contribution in [0, 0.1) is 6.92 Å². The van der Waals surface area contributed by atoms with E-state index in [1.54, 1.807) is 25.1 Å². The Kier molecular flexibility index (Phi) is 5.18. The first kappa shape index (κ1) is 19.3. The van der Waals surface area contributed by atoms with Crippen LogP contribution in [-0.2, 0) is 16.6 Å². The third-order valence-corrected chi connectivity index (χ3v) is 6.65. The Morgan fingerprint density at radius 3 is 2.72 bits per heavy atom. The lowest BCUT2D eigenvalue weighted by atomic mass is 10.1. The highest BCUT2D eigenvalue weighted by atomic mass is 32.2. The van der Waals surface area contributed by atoms with E-state index in [4.69, 9.17) is 4.42 Å². The molecule has 0 saturated carbocycles. The van der Waals surface area contributed by atoms with Gasteiger partial charge in [-0.25, -0.2) is 18.1 Å². The lowest BCUT2D eigenvalue weighted by Crippen LogP contribution is -2.24. The van der Waals surface area contributed by atoms with Crippen molar-refractivity contribution in [3.8, 4) is 0 Å². The van der Waals surface area contributed by atoms with Crippen LogP contribution in [-0.4, -0.2) is 19.3 Å². The molecule has 0 bridgehead atoms. The molecule has 0 fully saturated rings. The standard InChI is InChI=1S/C20H17N3O4S2/c1-13-8-9-15(29(25,26)21-12-14-5-4-10-27-14)11-16(13)19(24)23-20-22-17-6-2-3-7-18(17)28-20/h2-11,21H,12H2,1H3,(H,22,23,24). The topological polar surface area (TPSA) is 101 Å². The fraction of sp³-hybridized carbons (Fsp3) is 0.100. The second kappa shape index (κ2) is 7.78. The molecule has 2 aromatic carbocycles. The third-order valence-electron chi connectivity index (χ3n) is 4.29. The summed E-state index contributed by atoms with van der Waals surface area (Å²) in [6, 6.07) is 15.4. The van der Waals surface area contributed by atoms with E-state index in [1.807, 2.05) is 24.3 Å². The zero-order chi connectivity index (χ0) is 20.4. The molecule has 0 radical (unpaired) electrons. The Hall–Kier alpha value is -3.01. The number of hydrogen-bond acceptors (Lipinski definition) is 6. The van der Waals surface area contributed by atoms with E-state index >= 15 is 0 Å². The molecule has 2 N–H and O–H groups in total. The molecular formula is C20H17N3O4S2. The summed E-state index contributed by atoms with van der Waals surface area (Å²) in [5, 5.41) is 3.22. The van der Waals surface area contributed by atoms with Crippen LogP contribution in [0.25, 0.3) is 10.2 Å². The summed E-state index contributed by atoms with van der Waals surface area (Å²) < 4.78 is 33.8. The third kappa shape index (κ3) is 4.21. The maximum absolute atomic E-state index is 12.8. The second-order valence-electron chi connectivity index (χ2n) is 6.32. The molecule has 29 heavy (non-hydrogen) atoms. The normalized spacial score (nSPS) is 11.6. The SMILES string of the molecule is Cc1ccc(S(=O)(=O)NCc2ccco2)cc1C(=O)Nc1nc2ccccc2s1. The molecule has 2 aromatic heterocycles. The van der Waals surface area contributed by atoms with Gasteiger partial charge in [-0.1, -0.05) is 29.5 Å². The van der Waals surface area contributed by atoms with E-state index < -0.39 is 15.9 Å². The molecule has 0 atom stereocenters. The molecule has 148 valence electrons. The molecular weight excluding hydrogens is 410 g/mol. The first-order valence-corrected chi connectivity index (χ1v) is 11.0. The molecule has 9 heteroatoms. The highest BCUT2D eigenvalue weighted by Gasteiger charge is 2.19. The highest BCUT2D eigenvalue weighted by molar-refractivity contribution is 7.89. The Morgan fingerprint density at radius 1 is 1.14 bits per heavy atom. The van der Waals surface area contributed by atoms with Crippen molar-refractivity contribution in [2.45, 2.75) is 18.4 Å². The molecule has 0 saturated heterocycles. The number of amides is 1. The highest BCUT2D eigenvalue weighted by Crippen LogP contribution is 2.26. The zero-order valence-corrected chi connectivity index (χ0v) is 17.0. The van der Waals surface area contributed by atoms with E-state index in [1.165, 1.54) is 29.7 Å². The fourth-order valence-electron chi connectivity index (χ4n) is 2.77. The van der Waals surface area contributed by atoms with Crippen LogP contribution in [0.4, 0.5) is 5.13 Å². The van der Waals surface area contributed by atoms with Crippen molar-refractivity contribution in [1.29, 1.82) is 0 Å². The van der Waals surface area contributed by atoms with Crippen LogP contribution < -0.4 is 10.0 Å². The average Bonchev–Trinajstić information content (AvgIpc) is 3.35. The van der Waals surface area contributed by atoms with Crippen molar-refractivity contribution in [3.63, 3.8) is 0 Å². The van der Waals surface area contributed by atoms with E-state index in [2.05, 4.69) is 15.0 Å². The summed E-state index contributed by atoms with van der Waals surface area (Å²) in [5.41, 5.74) is 1.72. The van der Waals surface area contributed by atoms with Crippen LogP contribution in [0.5, 0.6) is 0 Å². The van der Waals surface area contributed by atoms with Crippen LogP contribution in [0.15, 0.2) is 70.2 Å². The van der Waals surface area contributed by atoms with Gasteiger partial charge in [-0.2, -0.15) is 0 Å². The molecule has 2 heterocycles. The molecule has 0 spiro atoms. The lowest BCUT2D eigenvalue weighted by molar-refractivity contribution is 0.102. The van der Waals surface area contributed by atoms with Gasteiger partial charge in [0.2, 0.25) is 10.0 Å². The van der Waals surface area contributed by atoms with Crippen LogP contribution in [0.2, 0.25) is 0 Å². The minimum atomic E-state index is -3.81. The minimum Gasteiger partial charge on any atom is -0.468 e. The van der Waals surface area contributed by atoms with Gasteiger partial charge in [0.15, 0.2) is 5.13 Å². The summed E-state index contributed by atoms with van der Waals surface area (Å²) in [5.74, 6) is 0.0825. The summed E-state index contributed by atoms with van der Waals surface area (Å²) in [6.45, 7) is 1.77. The van der Waals surface area contributed by atoms with Crippen molar-refractivity contribution < 1.29 is 17.6 Å². The maximum atomic E-state index is 12.8. The number of sulfonamides is 1. The number of fused-ring (bicyclic) bond motifs is 1. The number of benzene rings is 2. The summed E-state index contributed by atoms with van der Waals surface area (Å²) in [4.78, 5) is 17.1. The van der Waals surface area contributed by atoms with Gasteiger partial charge in [-0.3, -0.25) is 10.1 Å². The predicted octanol–water partition coefficient (Wildman–Crippen LogP) is 3.93. The first-order valence-electron chi connectivity index (χ1n) is 8.72. The van der Waals surface area contributed by atoms with E-state index in [0.29, 0.717) is 16.5 Å². The van der Waals surface area contributed by atoms with Crippen molar-refractivity contribution in [3.05, 3.63) is 77.7 Å².